The van der Waals surface area contributed by atoms with Gasteiger partial charge in [-0.15, -0.1) is 0 Å². The summed E-state index contributed by atoms with van der Waals surface area (Å²) >= 11 is 6.39. The second-order valence-electron chi connectivity index (χ2n) is 7.73. The fourth-order valence-corrected chi connectivity index (χ4v) is 4.34. The van der Waals surface area contributed by atoms with Crippen LogP contribution in [0.4, 0.5) is 17.5 Å². The Bertz CT molecular complexity index is 953. The molecule has 0 aromatic carbocycles. The quantitative estimate of drug-likeness (QED) is 0.834. The van der Waals surface area contributed by atoms with Gasteiger partial charge in [0, 0.05) is 50.8 Å². The molecule has 28 heavy (non-hydrogen) atoms. The lowest BCUT2D eigenvalue weighted by atomic mass is 9.83. The Balaban J connectivity index is 1.50. The maximum Gasteiger partial charge on any atom is 0.236 e. The average Bonchev–Trinajstić information content (AvgIpc) is 3.28. The van der Waals surface area contributed by atoms with Crippen molar-refractivity contribution in [2.75, 3.05) is 36.4 Å². The molecule has 0 spiro atoms. The van der Waals surface area contributed by atoms with Gasteiger partial charge in [0.2, 0.25) is 11.9 Å². The number of nitrogens with one attached hydrogen (secondary N) is 1. The van der Waals surface area contributed by atoms with E-state index in [0.717, 1.165) is 18.8 Å². The monoisotopic (exact) mass is 400 g/mol. The number of fused-ring (bicyclic) bond motifs is 1. The summed E-state index contributed by atoms with van der Waals surface area (Å²) in [7, 11) is 1.84. The molecule has 4 rings (SSSR count). The molecule has 9 nitrogen and oxygen atoms in total. The number of carbonyl (C=O) groups is 1. The van der Waals surface area contributed by atoms with Crippen LogP contribution in [-0.2, 0) is 11.8 Å². The van der Waals surface area contributed by atoms with E-state index in [1.807, 2.05) is 24.2 Å². The van der Waals surface area contributed by atoms with Gasteiger partial charge < -0.3 is 15.1 Å². The lowest BCUT2D eigenvalue weighted by Crippen LogP contribution is -2.35. The van der Waals surface area contributed by atoms with Gasteiger partial charge in [-0.2, -0.15) is 15.3 Å². The van der Waals surface area contributed by atoms with Gasteiger partial charge in [-0.3, -0.25) is 9.48 Å². The average molecular weight is 401 g/mol. The van der Waals surface area contributed by atoms with Crippen molar-refractivity contribution >= 4 is 35.0 Å². The number of anilines is 3. The number of nitrogens with zero attached hydrogens (tertiary/aromatic N) is 7. The highest BCUT2D eigenvalue weighted by molar-refractivity contribution is 6.32. The molecule has 4 heterocycles. The zero-order chi connectivity index (χ0) is 19.9. The number of hydrogen-bond acceptors (Lipinski definition) is 7. The van der Waals surface area contributed by atoms with Gasteiger partial charge in [0.25, 0.3) is 0 Å². The summed E-state index contributed by atoms with van der Waals surface area (Å²) in [5, 5.41) is 16.5. The van der Waals surface area contributed by atoms with Crippen LogP contribution in [0.5, 0.6) is 0 Å². The maximum atomic E-state index is 12.1. The number of amides is 1. The van der Waals surface area contributed by atoms with Crippen LogP contribution in [0, 0.1) is 22.7 Å². The normalized spacial score (nSPS) is 23.6. The Labute approximate surface area is 167 Å². The maximum absolute atomic E-state index is 12.1. The van der Waals surface area contributed by atoms with Gasteiger partial charge in [-0.05, 0) is 0 Å². The largest absolute Gasteiger partial charge is 0.354 e. The first-order valence-electron chi connectivity index (χ1n) is 9.06. The predicted octanol–water partition coefficient (Wildman–Crippen LogP) is 1.81. The van der Waals surface area contributed by atoms with Crippen LogP contribution >= 0.6 is 11.6 Å². The van der Waals surface area contributed by atoms with Crippen LogP contribution in [-0.4, -0.2) is 56.7 Å². The Morgan fingerprint density at radius 3 is 2.93 bits per heavy atom. The SMILES string of the molecule is Cn1cc(Nc2ncc(Cl)c(N3C[C@H]4CN(C(=O)CC#N)C[C@]4(C)C3)n2)cn1. The fraction of sp³-hybridized carbons (Fsp3) is 0.500. The van der Waals surface area contributed by atoms with E-state index in [-0.39, 0.29) is 17.7 Å². The molecule has 0 aliphatic carbocycles. The van der Waals surface area contributed by atoms with E-state index in [4.69, 9.17) is 16.9 Å². The van der Waals surface area contributed by atoms with Gasteiger partial charge >= 0.3 is 0 Å². The third-order valence-corrected chi connectivity index (χ3v) is 5.81. The lowest BCUT2D eigenvalue weighted by molar-refractivity contribution is -0.129. The van der Waals surface area contributed by atoms with Crippen LogP contribution in [0.3, 0.4) is 0 Å². The van der Waals surface area contributed by atoms with Crippen molar-refractivity contribution in [2.24, 2.45) is 18.4 Å². The first-order chi connectivity index (χ1) is 13.4. The molecule has 10 heteroatoms. The van der Waals surface area contributed by atoms with E-state index in [0.29, 0.717) is 35.8 Å². The van der Waals surface area contributed by atoms with Gasteiger partial charge in [0.15, 0.2) is 5.82 Å². The third-order valence-electron chi connectivity index (χ3n) is 5.54. The Morgan fingerprint density at radius 2 is 2.25 bits per heavy atom. The minimum absolute atomic E-state index is 0.0453. The summed E-state index contributed by atoms with van der Waals surface area (Å²) in [6.07, 6.45) is 5.08. The van der Waals surface area contributed by atoms with Gasteiger partial charge in [-0.1, -0.05) is 18.5 Å². The Hall–Kier alpha value is -2.86. The van der Waals surface area contributed by atoms with E-state index < -0.39 is 0 Å². The topological polar surface area (TPSA) is 103 Å². The number of aromatic nitrogens is 4. The van der Waals surface area contributed by atoms with E-state index in [9.17, 15) is 4.79 Å². The molecule has 0 bridgehead atoms. The molecule has 1 amide bonds. The molecular weight excluding hydrogens is 380 g/mol. The van der Waals surface area contributed by atoms with Crippen molar-refractivity contribution < 1.29 is 4.79 Å². The van der Waals surface area contributed by atoms with Crippen LogP contribution in [0.25, 0.3) is 0 Å². The smallest absolute Gasteiger partial charge is 0.236 e. The van der Waals surface area contributed by atoms with Gasteiger partial charge in [0.05, 0.1) is 24.2 Å². The lowest BCUT2D eigenvalue weighted by Gasteiger charge is -2.26. The van der Waals surface area contributed by atoms with Crippen molar-refractivity contribution in [3.05, 3.63) is 23.6 Å². The summed E-state index contributed by atoms with van der Waals surface area (Å²) in [6.45, 7) is 5.00. The highest BCUT2D eigenvalue weighted by Gasteiger charge is 2.50. The predicted molar refractivity (Wildman–Crippen MR) is 104 cm³/mol. The highest BCUT2D eigenvalue weighted by atomic mass is 35.5. The zero-order valence-corrected chi connectivity index (χ0v) is 16.5. The molecule has 0 saturated carbocycles. The van der Waals surface area contributed by atoms with Crippen LogP contribution < -0.4 is 10.2 Å². The molecule has 0 unspecified atom stereocenters. The summed E-state index contributed by atoms with van der Waals surface area (Å²) < 4.78 is 1.70. The highest BCUT2D eigenvalue weighted by Crippen LogP contribution is 2.44. The second-order valence-corrected chi connectivity index (χ2v) is 8.14. The first kappa shape index (κ1) is 18.5. The third kappa shape index (κ3) is 3.36. The second kappa shape index (κ2) is 6.95. The summed E-state index contributed by atoms with van der Waals surface area (Å²) in [5.74, 6) is 1.37. The fourth-order valence-electron chi connectivity index (χ4n) is 4.13. The van der Waals surface area contributed by atoms with Crippen LogP contribution in [0.1, 0.15) is 13.3 Å². The van der Waals surface area contributed by atoms with E-state index in [1.54, 1.807) is 17.1 Å². The van der Waals surface area contributed by atoms with Gasteiger partial charge in [0.1, 0.15) is 11.4 Å². The summed E-state index contributed by atoms with van der Waals surface area (Å²) in [6, 6.07) is 1.94. The van der Waals surface area contributed by atoms with Crippen molar-refractivity contribution in [1.82, 2.24) is 24.6 Å². The number of halogens is 1. The van der Waals surface area contributed by atoms with Crippen LogP contribution in [0.2, 0.25) is 5.02 Å². The molecule has 2 aromatic rings. The molecule has 146 valence electrons. The minimum atomic E-state index is -0.0901. The first-order valence-corrected chi connectivity index (χ1v) is 9.43. The number of rotatable bonds is 4. The number of carbonyl (C=O) groups excluding carboxylic acids is 1. The molecule has 2 aliphatic rings. The number of aryl methyl sites for hydroxylation is 1. The molecule has 2 fully saturated rings. The Kier molecular flexibility index (Phi) is 4.59. The van der Waals surface area contributed by atoms with Crippen molar-refractivity contribution in [1.29, 1.82) is 5.26 Å². The zero-order valence-electron chi connectivity index (χ0n) is 15.8. The van der Waals surface area contributed by atoms with E-state index >= 15 is 0 Å². The van der Waals surface area contributed by atoms with E-state index in [1.165, 1.54) is 0 Å². The molecular formula is C18H21ClN8O. The summed E-state index contributed by atoms with van der Waals surface area (Å²) in [4.78, 5) is 24.9. The number of hydrogen-bond donors (Lipinski definition) is 1. The Morgan fingerprint density at radius 1 is 1.43 bits per heavy atom. The number of nitriles is 1. The molecule has 0 radical (unpaired) electrons. The molecule has 2 aromatic heterocycles. The standard InChI is InChI=1S/C18H21ClN8O/c1-18-10-26(15(28)3-4-20)7-12(18)8-27(11-18)16-14(19)6-21-17(24-16)23-13-5-22-25(2)9-13/h5-6,9,12H,3,7-8,10-11H2,1-2H3,(H,21,23,24)/t12-,18-/m1/s1. The van der Waals surface area contributed by atoms with E-state index in [2.05, 4.69) is 32.2 Å². The molecule has 1 N–H and O–H groups in total. The molecule has 2 atom stereocenters. The molecule has 2 saturated heterocycles. The van der Waals surface area contributed by atoms with Crippen LogP contribution in [0.15, 0.2) is 18.6 Å². The minimum Gasteiger partial charge on any atom is -0.354 e. The van der Waals surface area contributed by atoms with Gasteiger partial charge in [-0.25, -0.2) is 4.98 Å². The number of likely N-dealkylation sites (tertiary alicyclic amines) is 1. The van der Waals surface area contributed by atoms with Crippen molar-refractivity contribution in [3.63, 3.8) is 0 Å². The van der Waals surface area contributed by atoms with Crippen molar-refractivity contribution in [3.8, 4) is 6.07 Å². The summed E-state index contributed by atoms with van der Waals surface area (Å²) in [5.41, 5.74) is 0.753. The molecule has 2 aliphatic heterocycles. The van der Waals surface area contributed by atoms with Crippen molar-refractivity contribution in [2.45, 2.75) is 13.3 Å².